The highest BCUT2D eigenvalue weighted by Crippen LogP contribution is 2.34. The average Bonchev–Trinajstić information content (AvgIpc) is 2.27. The van der Waals surface area contributed by atoms with Gasteiger partial charge in [0.15, 0.2) is 0 Å². The molecule has 2 N–H and O–H groups in total. The third-order valence-corrected chi connectivity index (χ3v) is 2.28. The van der Waals surface area contributed by atoms with Crippen LogP contribution >= 0.6 is 0 Å². The molecule has 0 aromatic heterocycles. The molecular formula is C11H13F3N2O. The number of carbonyl (C=O) groups excluding carboxylic acids is 1. The summed E-state index contributed by atoms with van der Waals surface area (Å²) in [6, 6.07) is 3.20. The summed E-state index contributed by atoms with van der Waals surface area (Å²) in [4.78, 5) is 11.0. The van der Waals surface area contributed by atoms with Crippen molar-refractivity contribution < 1.29 is 18.0 Å². The minimum atomic E-state index is -4.41. The zero-order chi connectivity index (χ0) is 13.1. The van der Waals surface area contributed by atoms with Crippen molar-refractivity contribution in [2.45, 2.75) is 19.5 Å². The largest absolute Gasteiger partial charge is 0.416 e. The van der Waals surface area contributed by atoms with Gasteiger partial charge in [0.05, 0.1) is 5.56 Å². The number of hydrogen-bond acceptors (Lipinski definition) is 1. The van der Waals surface area contributed by atoms with Gasteiger partial charge in [-0.15, -0.1) is 0 Å². The van der Waals surface area contributed by atoms with E-state index >= 15 is 0 Å². The van der Waals surface area contributed by atoms with Crippen molar-refractivity contribution in [2.24, 2.45) is 0 Å². The number of urea groups is 1. The Morgan fingerprint density at radius 2 is 2.00 bits per heavy atom. The summed E-state index contributed by atoms with van der Waals surface area (Å²) in [5.74, 6) is 0. The number of alkyl halides is 3. The van der Waals surface area contributed by atoms with E-state index in [0.717, 1.165) is 6.07 Å². The maximum absolute atomic E-state index is 12.7. The number of aryl methyl sites for hydroxylation is 1. The number of carbonyl (C=O) groups is 1. The molecule has 0 unspecified atom stereocenters. The summed E-state index contributed by atoms with van der Waals surface area (Å²) >= 11 is 0. The first-order valence-corrected chi connectivity index (χ1v) is 5.07. The van der Waals surface area contributed by atoms with Gasteiger partial charge in [-0.1, -0.05) is 13.0 Å². The first-order valence-electron chi connectivity index (χ1n) is 5.07. The van der Waals surface area contributed by atoms with Crippen molar-refractivity contribution in [3.8, 4) is 0 Å². The number of nitrogens with one attached hydrogen (secondary N) is 2. The topological polar surface area (TPSA) is 41.1 Å². The zero-order valence-corrected chi connectivity index (χ0v) is 9.48. The Bertz CT molecular complexity index is 416. The lowest BCUT2D eigenvalue weighted by Gasteiger charge is -2.13. The quantitative estimate of drug-likeness (QED) is 0.827. The standard InChI is InChI=1S/C11H13F3N2O/c1-3-7-4-5-8(16-10(17)15-2)6-9(7)11(12,13)14/h4-6H,3H2,1-2H3,(H2,15,16,17). The lowest BCUT2D eigenvalue weighted by atomic mass is 10.0. The predicted molar refractivity (Wildman–Crippen MR) is 58.9 cm³/mol. The van der Waals surface area contributed by atoms with Gasteiger partial charge >= 0.3 is 12.2 Å². The van der Waals surface area contributed by atoms with Gasteiger partial charge in [-0.2, -0.15) is 13.2 Å². The Hall–Kier alpha value is -1.72. The van der Waals surface area contributed by atoms with Crippen molar-refractivity contribution in [3.05, 3.63) is 29.3 Å². The molecule has 0 fully saturated rings. The minimum Gasteiger partial charge on any atom is -0.341 e. The summed E-state index contributed by atoms with van der Waals surface area (Å²) in [6.45, 7) is 1.65. The number of hydrogen-bond donors (Lipinski definition) is 2. The number of amides is 2. The fourth-order valence-electron chi connectivity index (χ4n) is 1.42. The van der Waals surface area contributed by atoms with Crippen LogP contribution in [-0.4, -0.2) is 13.1 Å². The summed E-state index contributed by atoms with van der Waals surface area (Å²) in [5.41, 5.74) is -0.386. The maximum Gasteiger partial charge on any atom is 0.416 e. The van der Waals surface area contributed by atoms with Crippen molar-refractivity contribution in [1.29, 1.82) is 0 Å². The van der Waals surface area contributed by atoms with E-state index in [1.54, 1.807) is 6.92 Å². The summed E-state index contributed by atoms with van der Waals surface area (Å²) in [5, 5.41) is 4.57. The normalized spacial score (nSPS) is 11.1. The number of rotatable bonds is 2. The fourth-order valence-corrected chi connectivity index (χ4v) is 1.42. The molecule has 0 bridgehead atoms. The Morgan fingerprint density at radius 3 is 2.47 bits per heavy atom. The molecule has 94 valence electrons. The first-order chi connectivity index (χ1) is 7.88. The Balaban J connectivity index is 3.09. The molecule has 0 atom stereocenters. The van der Waals surface area contributed by atoms with E-state index in [-0.39, 0.29) is 17.7 Å². The van der Waals surface area contributed by atoms with Crippen molar-refractivity contribution in [3.63, 3.8) is 0 Å². The Kier molecular flexibility index (Phi) is 3.98. The van der Waals surface area contributed by atoms with E-state index in [1.165, 1.54) is 19.2 Å². The molecule has 2 amide bonds. The molecule has 0 heterocycles. The Labute approximate surface area is 97.0 Å². The predicted octanol–water partition coefficient (Wildman–Crippen LogP) is 3.02. The van der Waals surface area contributed by atoms with Crippen LogP contribution in [0.3, 0.4) is 0 Å². The Morgan fingerprint density at radius 1 is 1.35 bits per heavy atom. The molecule has 1 aromatic carbocycles. The van der Waals surface area contributed by atoms with Crippen LogP contribution in [0, 0.1) is 0 Å². The highest BCUT2D eigenvalue weighted by molar-refractivity contribution is 5.89. The van der Waals surface area contributed by atoms with Crippen LogP contribution < -0.4 is 10.6 Å². The van der Waals surface area contributed by atoms with Gasteiger partial charge < -0.3 is 10.6 Å². The molecule has 0 spiro atoms. The van der Waals surface area contributed by atoms with E-state index in [9.17, 15) is 18.0 Å². The van der Waals surface area contributed by atoms with Crippen LogP contribution in [0.4, 0.5) is 23.7 Å². The first kappa shape index (κ1) is 13.3. The van der Waals surface area contributed by atoms with Crippen LogP contribution in [-0.2, 0) is 12.6 Å². The van der Waals surface area contributed by atoms with E-state index in [4.69, 9.17) is 0 Å². The number of halogens is 3. The lowest BCUT2D eigenvalue weighted by Crippen LogP contribution is -2.24. The van der Waals surface area contributed by atoms with Gasteiger partial charge in [-0.3, -0.25) is 0 Å². The maximum atomic E-state index is 12.7. The third-order valence-electron chi connectivity index (χ3n) is 2.28. The van der Waals surface area contributed by atoms with Crippen molar-refractivity contribution in [2.75, 3.05) is 12.4 Å². The van der Waals surface area contributed by atoms with Gasteiger partial charge in [-0.25, -0.2) is 4.79 Å². The second-order valence-electron chi connectivity index (χ2n) is 3.43. The second-order valence-corrected chi connectivity index (χ2v) is 3.43. The molecular weight excluding hydrogens is 233 g/mol. The molecule has 0 aliphatic rings. The van der Waals surface area contributed by atoms with Crippen LogP contribution in [0.2, 0.25) is 0 Å². The van der Waals surface area contributed by atoms with Gasteiger partial charge in [0.25, 0.3) is 0 Å². The van der Waals surface area contributed by atoms with Gasteiger partial charge in [0.1, 0.15) is 0 Å². The highest BCUT2D eigenvalue weighted by Gasteiger charge is 2.33. The molecule has 0 radical (unpaired) electrons. The fraction of sp³-hybridized carbons (Fsp3) is 0.364. The van der Waals surface area contributed by atoms with E-state index < -0.39 is 17.8 Å². The van der Waals surface area contributed by atoms with Crippen LogP contribution in [0.1, 0.15) is 18.1 Å². The van der Waals surface area contributed by atoms with Crippen LogP contribution in [0.15, 0.2) is 18.2 Å². The molecule has 0 saturated carbocycles. The molecule has 3 nitrogen and oxygen atoms in total. The minimum absolute atomic E-state index is 0.119. The monoisotopic (exact) mass is 246 g/mol. The number of anilines is 1. The smallest absolute Gasteiger partial charge is 0.341 e. The molecule has 17 heavy (non-hydrogen) atoms. The van der Waals surface area contributed by atoms with Crippen molar-refractivity contribution >= 4 is 11.7 Å². The van der Waals surface area contributed by atoms with Gasteiger partial charge in [0, 0.05) is 12.7 Å². The molecule has 0 saturated heterocycles. The molecule has 0 aliphatic heterocycles. The second kappa shape index (κ2) is 5.07. The van der Waals surface area contributed by atoms with E-state index in [1.807, 2.05) is 0 Å². The van der Waals surface area contributed by atoms with E-state index in [0.29, 0.717) is 0 Å². The lowest BCUT2D eigenvalue weighted by molar-refractivity contribution is -0.138. The molecule has 1 aromatic rings. The van der Waals surface area contributed by atoms with E-state index in [2.05, 4.69) is 10.6 Å². The molecule has 1 rings (SSSR count). The molecule has 0 aliphatic carbocycles. The van der Waals surface area contributed by atoms with Crippen LogP contribution in [0.25, 0.3) is 0 Å². The number of benzene rings is 1. The average molecular weight is 246 g/mol. The zero-order valence-electron chi connectivity index (χ0n) is 9.48. The molecule has 6 heteroatoms. The summed E-state index contributed by atoms with van der Waals surface area (Å²) in [7, 11) is 1.39. The third kappa shape index (κ3) is 3.37. The van der Waals surface area contributed by atoms with Gasteiger partial charge in [0.2, 0.25) is 0 Å². The van der Waals surface area contributed by atoms with Crippen LogP contribution in [0.5, 0.6) is 0 Å². The summed E-state index contributed by atoms with van der Waals surface area (Å²) < 4.78 is 38.1. The summed E-state index contributed by atoms with van der Waals surface area (Å²) in [6.07, 6.45) is -4.12. The van der Waals surface area contributed by atoms with Gasteiger partial charge in [-0.05, 0) is 24.1 Å². The highest BCUT2D eigenvalue weighted by atomic mass is 19.4. The SMILES string of the molecule is CCc1ccc(NC(=O)NC)cc1C(F)(F)F. The van der Waals surface area contributed by atoms with Crippen molar-refractivity contribution in [1.82, 2.24) is 5.32 Å².